The summed E-state index contributed by atoms with van der Waals surface area (Å²) in [4.78, 5) is 4.30. The maximum atomic E-state index is 13.9. The van der Waals surface area contributed by atoms with Gasteiger partial charge in [0.05, 0.1) is 13.2 Å². The van der Waals surface area contributed by atoms with E-state index in [1.165, 1.54) is 23.3 Å². The Kier molecular flexibility index (Phi) is 8.86. The van der Waals surface area contributed by atoms with Crippen molar-refractivity contribution in [2.45, 2.75) is 26.1 Å². The molecule has 1 aromatic heterocycles. The van der Waals surface area contributed by atoms with Gasteiger partial charge in [-0.15, -0.1) is 24.0 Å². The van der Waals surface area contributed by atoms with Gasteiger partial charge in [-0.1, -0.05) is 24.3 Å². The summed E-state index contributed by atoms with van der Waals surface area (Å²) in [6.07, 6.45) is 4.34. The number of ether oxygens (including phenoxy) is 2. The van der Waals surface area contributed by atoms with E-state index in [0.717, 1.165) is 16.9 Å². The molecule has 0 atom stereocenters. The average Bonchev–Trinajstić information content (AvgIpc) is 3.30. The Hall–Kier alpha value is -2.66. The van der Waals surface area contributed by atoms with Gasteiger partial charge in [-0.25, -0.2) is 4.39 Å². The van der Waals surface area contributed by atoms with E-state index in [4.69, 9.17) is 9.47 Å². The summed E-state index contributed by atoms with van der Waals surface area (Å²) in [7, 11) is 1.73. The van der Waals surface area contributed by atoms with E-state index in [0.29, 0.717) is 38.6 Å². The Morgan fingerprint density at radius 2 is 2.00 bits per heavy atom. The third kappa shape index (κ3) is 6.19. The number of hydrogen-bond donors (Lipinski definition) is 2. The lowest BCUT2D eigenvalue weighted by Crippen LogP contribution is -2.38. The maximum Gasteiger partial charge on any atom is 0.191 e. The van der Waals surface area contributed by atoms with Crippen LogP contribution in [0.3, 0.4) is 0 Å². The second kappa shape index (κ2) is 11.8. The van der Waals surface area contributed by atoms with Crippen molar-refractivity contribution in [2.75, 3.05) is 20.4 Å². The summed E-state index contributed by atoms with van der Waals surface area (Å²) in [5.41, 5.74) is 3.94. The number of fused-ring (bicyclic) bond motifs is 1. The van der Waals surface area contributed by atoms with Gasteiger partial charge < -0.3 is 20.1 Å². The van der Waals surface area contributed by atoms with Crippen LogP contribution in [0.5, 0.6) is 5.75 Å². The fourth-order valence-corrected chi connectivity index (χ4v) is 3.61. The van der Waals surface area contributed by atoms with Crippen LogP contribution in [0.25, 0.3) is 0 Å². The van der Waals surface area contributed by atoms with E-state index in [-0.39, 0.29) is 36.6 Å². The van der Waals surface area contributed by atoms with Crippen molar-refractivity contribution in [1.82, 2.24) is 20.4 Å². The predicted octanol–water partition coefficient (Wildman–Crippen LogP) is 3.46. The van der Waals surface area contributed by atoms with Crippen LogP contribution in [0.1, 0.15) is 22.3 Å². The lowest BCUT2D eigenvalue weighted by atomic mass is 10.1. The molecule has 0 fully saturated rings. The van der Waals surface area contributed by atoms with Crippen LogP contribution in [-0.4, -0.2) is 36.1 Å². The van der Waals surface area contributed by atoms with Crippen molar-refractivity contribution >= 4 is 29.9 Å². The Balaban J connectivity index is 0.00000289. The Morgan fingerprint density at radius 1 is 1.16 bits per heavy atom. The van der Waals surface area contributed by atoms with E-state index >= 15 is 0 Å². The lowest BCUT2D eigenvalue weighted by Gasteiger charge is -2.21. The first-order valence-corrected chi connectivity index (χ1v) is 10.2. The number of benzene rings is 2. The summed E-state index contributed by atoms with van der Waals surface area (Å²) >= 11 is 0. The molecule has 0 saturated heterocycles. The number of guanidine groups is 1. The molecule has 0 saturated carbocycles. The number of nitrogens with zero attached hydrogens (tertiary/aromatic N) is 3. The van der Waals surface area contributed by atoms with Gasteiger partial charge in [-0.3, -0.25) is 9.67 Å². The van der Waals surface area contributed by atoms with E-state index in [9.17, 15) is 4.39 Å². The van der Waals surface area contributed by atoms with Gasteiger partial charge in [0.2, 0.25) is 0 Å². The highest BCUT2D eigenvalue weighted by atomic mass is 127. The molecule has 170 valence electrons. The Morgan fingerprint density at radius 3 is 2.78 bits per heavy atom. The van der Waals surface area contributed by atoms with Crippen LogP contribution in [0, 0.1) is 5.82 Å². The minimum atomic E-state index is -0.279. The van der Waals surface area contributed by atoms with Gasteiger partial charge in [0.1, 0.15) is 11.6 Å². The van der Waals surface area contributed by atoms with E-state index < -0.39 is 0 Å². The number of aromatic nitrogens is 2. The number of halogens is 2. The highest BCUT2D eigenvalue weighted by Crippen LogP contribution is 2.29. The third-order valence-corrected chi connectivity index (χ3v) is 5.12. The molecule has 3 aromatic rings. The van der Waals surface area contributed by atoms with Crippen LogP contribution in [-0.2, 0) is 30.9 Å². The minimum Gasteiger partial charge on any atom is -0.467 e. The molecule has 32 heavy (non-hydrogen) atoms. The number of aliphatic imine (C=N–C) groups is 1. The molecule has 1 aliphatic rings. The summed E-state index contributed by atoms with van der Waals surface area (Å²) in [5.74, 6) is 1.13. The minimum absolute atomic E-state index is 0. The molecule has 2 N–H and O–H groups in total. The standard InChI is InChI=1S/C23H26FN5O2.HI/c1-25-23(26-9-7-17-11-21(24)12-20-15-30-16-31-22(17)20)27-13-18-5-2-3-6-19(18)14-29-10-4-8-28-29;/h2-6,8,10-12H,7,9,13-16H2,1H3,(H2,25,26,27);1H. The van der Waals surface area contributed by atoms with E-state index in [2.05, 4.69) is 32.9 Å². The lowest BCUT2D eigenvalue weighted by molar-refractivity contribution is -0.0172. The molecular formula is C23H27FIN5O2. The number of nitrogens with one attached hydrogen (secondary N) is 2. The molecule has 0 bridgehead atoms. The molecule has 0 amide bonds. The van der Waals surface area contributed by atoms with Crippen LogP contribution in [0.15, 0.2) is 59.9 Å². The summed E-state index contributed by atoms with van der Waals surface area (Å²) in [6, 6.07) is 13.2. The highest BCUT2D eigenvalue weighted by Gasteiger charge is 2.16. The van der Waals surface area contributed by atoms with Gasteiger partial charge in [0.25, 0.3) is 0 Å². The number of rotatable bonds is 7. The molecule has 7 nitrogen and oxygen atoms in total. The highest BCUT2D eigenvalue weighted by molar-refractivity contribution is 14.0. The van der Waals surface area contributed by atoms with Crippen LogP contribution in [0.4, 0.5) is 4.39 Å². The molecule has 0 radical (unpaired) electrons. The quantitative estimate of drug-likeness (QED) is 0.268. The summed E-state index contributed by atoms with van der Waals surface area (Å²) in [6.45, 7) is 2.50. The molecule has 4 rings (SSSR count). The first-order chi connectivity index (χ1) is 15.2. The average molecular weight is 551 g/mol. The molecule has 9 heteroatoms. The molecule has 0 spiro atoms. The van der Waals surface area contributed by atoms with Gasteiger partial charge in [-0.05, 0) is 41.3 Å². The van der Waals surface area contributed by atoms with Crippen molar-refractivity contribution in [2.24, 2.45) is 4.99 Å². The Bertz CT molecular complexity index is 1040. The monoisotopic (exact) mass is 551 g/mol. The first kappa shape index (κ1) is 24.0. The topological polar surface area (TPSA) is 72.7 Å². The van der Waals surface area contributed by atoms with Crippen molar-refractivity contribution in [3.05, 3.63) is 82.9 Å². The zero-order valence-electron chi connectivity index (χ0n) is 17.9. The van der Waals surface area contributed by atoms with Crippen molar-refractivity contribution in [3.8, 4) is 5.75 Å². The van der Waals surface area contributed by atoms with Crippen LogP contribution in [0.2, 0.25) is 0 Å². The smallest absolute Gasteiger partial charge is 0.191 e. The zero-order chi connectivity index (χ0) is 21.5. The van der Waals surface area contributed by atoms with E-state index in [1.807, 2.05) is 29.1 Å². The van der Waals surface area contributed by atoms with Gasteiger partial charge in [0.15, 0.2) is 12.8 Å². The second-order valence-electron chi connectivity index (χ2n) is 7.24. The van der Waals surface area contributed by atoms with Crippen LogP contribution >= 0.6 is 24.0 Å². The second-order valence-corrected chi connectivity index (χ2v) is 7.24. The van der Waals surface area contributed by atoms with Crippen molar-refractivity contribution in [3.63, 3.8) is 0 Å². The molecular weight excluding hydrogens is 524 g/mol. The van der Waals surface area contributed by atoms with Crippen molar-refractivity contribution in [1.29, 1.82) is 0 Å². The van der Waals surface area contributed by atoms with Gasteiger partial charge in [0, 0.05) is 38.1 Å². The number of hydrogen-bond acceptors (Lipinski definition) is 4. The zero-order valence-corrected chi connectivity index (χ0v) is 20.2. The summed E-state index contributed by atoms with van der Waals surface area (Å²) < 4.78 is 26.6. The largest absolute Gasteiger partial charge is 0.467 e. The SMILES string of the molecule is CN=C(NCCc1cc(F)cc2c1OCOC2)NCc1ccccc1Cn1cccn1.I. The van der Waals surface area contributed by atoms with Crippen LogP contribution < -0.4 is 15.4 Å². The fraction of sp³-hybridized carbons (Fsp3) is 0.304. The molecule has 0 unspecified atom stereocenters. The molecule has 1 aliphatic heterocycles. The fourth-order valence-electron chi connectivity index (χ4n) is 3.61. The molecule has 2 heterocycles. The predicted molar refractivity (Wildman–Crippen MR) is 132 cm³/mol. The maximum absolute atomic E-state index is 13.9. The molecule has 0 aliphatic carbocycles. The molecule has 2 aromatic carbocycles. The van der Waals surface area contributed by atoms with Gasteiger partial charge in [-0.2, -0.15) is 5.10 Å². The van der Waals surface area contributed by atoms with E-state index in [1.54, 1.807) is 13.2 Å². The normalized spacial score (nSPS) is 13.0. The third-order valence-electron chi connectivity index (χ3n) is 5.12. The van der Waals surface area contributed by atoms with Crippen molar-refractivity contribution < 1.29 is 13.9 Å². The van der Waals surface area contributed by atoms with Gasteiger partial charge >= 0.3 is 0 Å². The first-order valence-electron chi connectivity index (χ1n) is 10.2. The summed E-state index contributed by atoms with van der Waals surface area (Å²) in [5, 5.41) is 10.9. The Labute approximate surface area is 204 Å².